The maximum atomic E-state index is 6.04. The highest BCUT2D eigenvalue weighted by Gasteiger charge is 2.16. The quantitative estimate of drug-likeness (QED) is 0.883. The van der Waals surface area contributed by atoms with Gasteiger partial charge < -0.3 is 10.7 Å². The van der Waals surface area contributed by atoms with Crippen molar-refractivity contribution >= 4 is 0 Å². The minimum absolute atomic E-state index is 0.242. The number of rotatable bonds is 4. The van der Waals surface area contributed by atoms with Gasteiger partial charge in [0.25, 0.3) is 0 Å². The van der Waals surface area contributed by atoms with Crippen LogP contribution in [0.1, 0.15) is 37.9 Å². The van der Waals surface area contributed by atoms with Crippen LogP contribution in [0, 0.1) is 6.92 Å². The predicted octanol–water partition coefficient (Wildman–Crippen LogP) is 3.23. The molecule has 0 atom stereocenters. The normalized spacial score (nSPS) is 11.8. The Balaban J connectivity index is 2.29. The second-order valence-electron chi connectivity index (χ2n) is 5.87. The summed E-state index contributed by atoms with van der Waals surface area (Å²) in [5.74, 6) is 0.958. The summed E-state index contributed by atoms with van der Waals surface area (Å²) in [5.41, 5.74) is 10.4. The number of nitrogens with zero attached hydrogens (tertiary/aromatic N) is 1. The first-order chi connectivity index (χ1) is 8.89. The zero-order valence-electron chi connectivity index (χ0n) is 12.2. The summed E-state index contributed by atoms with van der Waals surface area (Å²) >= 11 is 0. The molecule has 0 aliphatic rings. The number of nitrogens with one attached hydrogen (secondary N) is 1. The van der Waals surface area contributed by atoms with Crippen molar-refractivity contribution in [3.05, 3.63) is 41.3 Å². The minimum atomic E-state index is -0.242. The fourth-order valence-electron chi connectivity index (χ4n) is 2.22. The average molecular weight is 257 g/mol. The first kappa shape index (κ1) is 13.8. The van der Waals surface area contributed by atoms with Crippen molar-refractivity contribution in [2.75, 3.05) is 0 Å². The van der Waals surface area contributed by atoms with E-state index in [-0.39, 0.29) is 5.54 Å². The number of hydrogen-bond donors (Lipinski definition) is 2. The molecule has 0 unspecified atom stereocenters. The van der Waals surface area contributed by atoms with Gasteiger partial charge in [-0.2, -0.15) is 0 Å². The first-order valence-electron chi connectivity index (χ1n) is 6.83. The van der Waals surface area contributed by atoms with Gasteiger partial charge in [0.1, 0.15) is 5.82 Å². The molecular formula is C16H23N3. The van der Waals surface area contributed by atoms with E-state index in [1.54, 1.807) is 0 Å². The lowest BCUT2D eigenvalue weighted by Crippen LogP contribution is -2.34. The number of aromatic nitrogens is 2. The summed E-state index contributed by atoms with van der Waals surface area (Å²) in [5, 5.41) is 0. The van der Waals surface area contributed by atoms with Crippen LogP contribution >= 0.6 is 0 Å². The molecule has 0 saturated heterocycles. The zero-order chi connectivity index (χ0) is 14.0. The summed E-state index contributed by atoms with van der Waals surface area (Å²) in [6.07, 6.45) is 1.81. The lowest BCUT2D eigenvalue weighted by atomic mass is 10.0. The van der Waals surface area contributed by atoms with Crippen LogP contribution < -0.4 is 5.73 Å². The van der Waals surface area contributed by atoms with Gasteiger partial charge in [-0.1, -0.05) is 31.2 Å². The number of imidazole rings is 1. The number of aryl methyl sites for hydroxylation is 2. The Morgan fingerprint density at radius 3 is 2.37 bits per heavy atom. The van der Waals surface area contributed by atoms with Gasteiger partial charge in [0, 0.05) is 23.2 Å². The van der Waals surface area contributed by atoms with E-state index >= 15 is 0 Å². The van der Waals surface area contributed by atoms with Crippen LogP contribution in [0.4, 0.5) is 0 Å². The van der Waals surface area contributed by atoms with E-state index in [0.717, 1.165) is 35.6 Å². The maximum Gasteiger partial charge on any atom is 0.108 e. The summed E-state index contributed by atoms with van der Waals surface area (Å²) in [6.45, 7) is 8.25. The van der Waals surface area contributed by atoms with Crippen LogP contribution in [-0.4, -0.2) is 15.5 Å². The van der Waals surface area contributed by atoms with Crippen molar-refractivity contribution < 1.29 is 0 Å². The number of H-pyrrole nitrogens is 1. The molecule has 0 aliphatic heterocycles. The maximum absolute atomic E-state index is 6.04. The lowest BCUT2D eigenvalue weighted by molar-refractivity contribution is 0.504. The van der Waals surface area contributed by atoms with Gasteiger partial charge in [-0.25, -0.2) is 4.98 Å². The molecule has 2 rings (SSSR count). The van der Waals surface area contributed by atoms with Gasteiger partial charge in [-0.05, 0) is 32.8 Å². The van der Waals surface area contributed by atoms with Gasteiger partial charge in [0.15, 0.2) is 0 Å². The first-order valence-corrected chi connectivity index (χ1v) is 6.83. The van der Waals surface area contributed by atoms with E-state index in [4.69, 9.17) is 5.73 Å². The monoisotopic (exact) mass is 257 g/mol. The Morgan fingerprint density at radius 1 is 1.21 bits per heavy atom. The highest BCUT2D eigenvalue weighted by atomic mass is 14.9. The van der Waals surface area contributed by atoms with Gasteiger partial charge >= 0.3 is 0 Å². The SMILES string of the molecule is CCc1ccc(-c2nc(CC(C)(C)N)[nH]c2C)cc1. The Labute approximate surface area is 115 Å². The number of aromatic amines is 1. The Kier molecular flexibility index (Phi) is 3.76. The van der Waals surface area contributed by atoms with Gasteiger partial charge in [0.2, 0.25) is 0 Å². The van der Waals surface area contributed by atoms with Crippen molar-refractivity contribution in [3.8, 4) is 11.3 Å². The van der Waals surface area contributed by atoms with Crippen molar-refractivity contribution in [2.24, 2.45) is 5.73 Å². The third kappa shape index (κ3) is 3.44. The summed E-state index contributed by atoms with van der Waals surface area (Å²) in [4.78, 5) is 8.02. The highest BCUT2D eigenvalue weighted by molar-refractivity contribution is 5.62. The number of benzene rings is 1. The van der Waals surface area contributed by atoms with E-state index in [1.807, 2.05) is 13.8 Å². The molecule has 102 valence electrons. The van der Waals surface area contributed by atoms with E-state index < -0.39 is 0 Å². The molecule has 1 aromatic heterocycles. The van der Waals surface area contributed by atoms with E-state index in [2.05, 4.69) is 48.1 Å². The molecule has 0 spiro atoms. The van der Waals surface area contributed by atoms with Crippen LogP contribution in [0.25, 0.3) is 11.3 Å². The van der Waals surface area contributed by atoms with Crippen molar-refractivity contribution in [3.63, 3.8) is 0 Å². The molecule has 0 aliphatic carbocycles. The molecule has 1 aromatic carbocycles. The second kappa shape index (κ2) is 5.17. The fraction of sp³-hybridized carbons (Fsp3) is 0.438. The molecule has 3 nitrogen and oxygen atoms in total. The molecule has 0 amide bonds. The lowest BCUT2D eigenvalue weighted by Gasteiger charge is -2.15. The van der Waals surface area contributed by atoms with Gasteiger partial charge in [-0.3, -0.25) is 0 Å². The van der Waals surface area contributed by atoms with E-state index in [1.165, 1.54) is 5.56 Å². The van der Waals surface area contributed by atoms with Gasteiger partial charge in [0.05, 0.1) is 5.69 Å². The molecular weight excluding hydrogens is 234 g/mol. The smallest absolute Gasteiger partial charge is 0.108 e. The van der Waals surface area contributed by atoms with E-state index in [9.17, 15) is 0 Å². The zero-order valence-corrected chi connectivity index (χ0v) is 12.2. The van der Waals surface area contributed by atoms with E-state index in [0.29, 0.717) is 0 Å². The molecule has 0 saturated carbocycles. The molecule has 3 heteroatoms. The van der Waals surface area contributed by atoms with Crippen LogP contribution in [0.15, 0.2) is 24.3 Å². The summed E-state index contributed by atoms with van der Waals surface area (Å²) in [6, 6.07) is 8.60. The second-order valence-corrected chi connectivity index (χ2v) is 5.87. The molecule has 0 bridgehead atoms. The third-order valence-corrected chi connectivity index (χ3v) is 3.19. The Hall–Kier alpha value is -1.61. The van der Waals surface area contributed by atoms with Crippen LogP contribution in [-0.2, 0) is 12.8 Å². The Bertz CT molecular complexity index is 544. The fourth-order valence-corrected chi connectivity index (χ4v) is 2.22. The van der Waals surface area contributed by atoms with Gasteiger partial charge in [-0.15, -0.1) is 0 Å². The topological polar surface area (TPSA) is 54.7 Å². The highest BCUT2D eigenvalue weighted by Crippen LogP contribution is 2.22. The van der Waals surface area contributed by atoms with Crippen LogP contribution in [0.5, 0.6) is 0 Å². The molecule has 0 fully saturated rings. The number of hydrogen-bond acceptors (Lipinski definition) is 2. The molecule has 2 aromatic rings. The number of nitrogens with two attached hydrogens (primary N) is 1. The largest absolute Gasteiger partial charge is 0.346 e. The standard InChI is InChI=1S/C16H23N3/c1-5-12-6-8-13(9-7-12)15-11(2)18-14(19-15)10-16(3,4)17/h6-9H,5,10,17H2,1-4H3,(H,18,19). The van der Waals surface area contributed by atoms with Crippen molar-refractivity contribution in [1.29, 1.82) is 0 Å². The molecule has 19 heavy (non-hydrogen) atoms. The summed E-state index contributed by atoms with van der Waals surface area (Å²) in [7, 11) is 0. The molecule has 0 radical (unpaired) electrons. The summed E-state index contributed by atoms with van der Waals surface area (Å²) < 4.78 is 0. The predicted molar refractivity (Wildman–Crippen MR) is 80.1 cm³/mol. The van der Waals surface area contributed by atoms with Crippen LogP contribution in [0.2, 0.25) is 0 Å². The van der Waals surface area contributed by atoms with Crippen LogP contribution in [0.3, 0.4) is 0 Å². The molecule has 1 heterocycles. The van der Waals surface area contributed by atoms with Crippen molar-refractivity contribution in [1.82, 2.24) is 9.97 Å². The minimum Gasteiger partial charge on any atom is -0.346 e. The van der Waals surface area contributed by atoms with Crippen molar-refractivity contribution in [2.45, 2.75) is 46.1 Å². The Morgan fingerprint density at radius 2 is 1.84 bits per heavy atom. The third-order valence-electron chi connectivity index (χ3n) is 3.19. The molecule has 3 N–H and O–H groups in total. The average Bonchev–Trinajstić information content (AvgIpc) is 2.68.